The molecule has 2 aromatic rings. The van der Waals surface area contributed by atoms with Crippen molar-refractivity contribution in [2.45, 2.75) is 10.1 Å². The zero-order valence-corrected chi connectivity index (χ0v) is 9.59. The van der Waals surface area contributed by atoms with E-state index in [1.165, 1.54) is 24.3 Å². The Kier molecular flexibility index (Phi) is 3.35. The maximum atomic E-state index is 5.90. The highest BCUT2D eigenvalue weighted by atomic mass is 35.5. The van der Waals surface area contributed by atoms with Crippen molar-refractivity contribution in [1.29, 1.82) is 0 Å². The Labute approximate surface area is 100 Å². The Balaban J connectivity index is 2.28. The van der Waals surface area contributed by atoms with E-state index in [1.807, 2.05) is 0 Å². The molecule has 0 aliphatic heterocycles. The SMILES string of the molecule is Clc1ncc(Cl)c(Sc2ccncn2)n1. The molecule has 0 amide bonds. The van der Waals surface area contributed by atoms with Crippen LogP contribution < -0.4 is 0 Å². The fraction of sp³-hybridized carbons (Fsp3) is 0. The van der Waals surface area contributed by atoms with Gasteiger partial charge in [-0.25, -0.2) is 19.9 Å². The zero-order valence-electron chi connectivity index (χ0n) is 7.26. The summed E-state index contributed by atoms with van der Waals surface area (Å²) in [4.78, 5) is 15.6. The molecule has 4 nitrogen and oxygen atoms in total. The highest BCUT2D eigenvalue weighted by molar-refractivity contribution is 7.99. The van der Waals surface area contributed by atoms with E-state index in [2.05, 4.69) is 19.9 Å². The number of hydrogen-bond donors (Lipinski definition) is 0. The predicted octanol–water partition coefficient (Wildman–Crippen LogP) is 2.72. The lowest BCUT2D eigenvalue weighted by Gasteiger charge is -2.01. The molecule has 2 heterocycles. The minimum absolute atomic E-state index is 0.163. The highest BCUT2D eigenvalue weighted by Gasteiger charge is 2.06. The van der Waals surface area contributed by atoms with Crippen molar-refractivity contribution in [3.8, 4) is 0 Å². The Bertz CT molecular complexity index is 465. The van der Waals surface area contributed by atoms with Crippen LogP contribution >= 0.6 is 35.0 Å². The van der Waals surface area contributed by atoms with E-state index in [1.54, 1.807) is 12.3 Å². The maximum Gasteiger partial charge on any atom is 0.223 e. The largest absolute Gasteiger partial charge is 0.245 e. The van der Waals surface area contributed by atoms with Crippen LogP contribution in [0.1, 0.15) is 0 Å². The van der Waals surface area contributed by atoms with Crippen LogP contribution in [-0.4, -0.2) is 19.9 Å². The molecule has 15 heavy (non-hydrogen) atoms. The summed E-state index contributed by atoms with van der Waals surface area (Å²) in [6.07, 6.45) is 4.56. The zero-order chi connectivity index (χ0) is 10.7. The van der Waals surface area contributed by atoms with Crippen LogP contribution in [0, 0.1) is 0 Å². The molecule has 0 aliphatic carbocycles. The Morgan fingerprint density at radius 3 is 2.80 bits per heavy atom. The molecule has 2 aromatic heterocycles. The molecule has 0 unspecified atom stereocenters. The average molecular weight is 259 g/mol. The first-order valence-electron chi connectivity index (χ1n) is 3.87. The molecule has 0 atom stereocenters. The van der Waals surface area contributed by atoms with Crippen molar-refractivity contribution in [3.63, 3.8) is 0 Å². The van der Waals surface area contributed by atoms with Crippen LogP contribution in [0.5, 0.6) is 0 Å². The Morgan fingerprint density at radius 2 is 2.07 bits per heavy atom. The summed E-state index contributed by atoms with van der Waals surface area (Å²) in [5.74, 6) is 0. The van der Waals surface area contributed by atoms with Gasteiger partial charge in [0.25, 0.3) is 0 Å². The molecule has 0 spiro atoms. The molecule has 0 bridgehead atoms. The van der Waals surface area contributed by atoms with Crippen LogP contribution in [0.4, 0.5) is 0 Å². The topological polar surface area (TPSA) is 51.6 Å². The van der Waals surface area contributed by atoms with Gasteiger partial charge in [0, 0.05) is 6.20 Å². The molecule has 0 aliphatic rings. The van der Waals surface area contributed by atoms with Gasteiger partial charge in [-0.2, -0.15) is 0 Å². The van der Waals surface area contributed by atoms with Crippen molar-refractivity contribution in [1.82, 2.24) is 19.9 Å². The fourth-order valence-electron chi connectivity index (χ4n) is 0.841. The first-order chi connectivity index (χ1) is 7.25. The molecule has 2 rings (SSSR count). The van der Waals surface area contributed by atoms with Crippen molar-refractivity contribution in [3.05, 3.63) is 35.1 Å². The van der Waals surface area contributed by atoms with Crippen molar-refractivity contribution >= 4 is 35.0 Å². The second-order valence-electron chi connectivity index (χ2n) is 2.44. The molecule has 0 aromatic carbocycles. The number of nitrogens with zero attached hydrogens (tertiary/aromatic N) is 4. The Hall–Kier alpha value is -0.910. The van der Waals surface area contributed by atoms with E-state index in [9.17, 15) is 0 Å². The molecular formula is C8H4Cl2N4S. The maximum absolute atomic E-state index is 5.90. The van der Waals surface area contributed by atoms with Crippen LogP contribution in [-0.2, 0) is 0 Å². The van der Waals surface area contributed by atoms with Crippen LogP contribution in [0.2, 0.25) is 10.3 Å². The van der Waals surface area contributed by atoms with Gasteiger partial charge in [0.15, 0.2) is 0 Å². The average Bonchev–Trinajstić information content (AvgIpc) is 2.25. The summed E-state index contributed by atoms with van der Waals surface area (Å²) < 4.78 is 0. The standard InChI is InChI=1S/C8H4Cl2N4S/c9-5-3-12-8(10)14-7(5)15-6-1-2-11-4-13-6/h1-4H. The van der Waals surface area contributed by atoms with Crippen LogP contribution in [0.25, 0.3) is 0 Å². The monoisotopic (exact) mass is 258 g/mol. The lowest BCUT2D eigenvalue weighted by atomic mass is 10.7. The quantitative estimate of drug-likeness (QED) is 0.613. The van der Waals surface area contributed by atoms with Crippen molar-refractivity contribution in [2.24, 2.45) is 0 Å². The molecule has 76 valence electrons. The van der Waals surface area contributed by atoms with Gasteiger partial charge in [-0.05, 0) is 29.4 Å². The minimum Gasteiger partial charge on any atom is -0.245 e. The van der Waals surface area contributed by atoms with E-state index >= 15 is 0 Å². The summed E-state index contributed by atoms with van der Waals surface area (Å²) in [7, 11) is 0. The minimum atomic E-state index is 0.163. The van der Waals surface area contributed by atoms with E-state index < -0.39 is 0 Å². The Morgan fingerprint density at radius 1 is 1.20 bits per heavy atom. The van der Waals surface area contributed by atoms with Crippen LogP contribution in [0.15, 0.2) is 34.8 Å². The molecule has 0 saturated carbocycles. The van der Waals surface area contributed by atoms with Gasteiger partial charge >= 0.3 is 0 Å². The molecular weight excluding hydrogens is 255 g/mol. The van der Waals surface area contributed by atoms with Gasteiger partial charge in [0.1, 0.15) is 16.4 Å². The molecule has 7 heteroatoms. The van der Waals surface area contributed by atoms with E-state index in [-0.39, 0.29) is 5.28 Å². The summed E-state index contributed by atoms with van der Waals surface area (Å²) in [6, 6.07) is 1.76. The summed E-state index contributed by atoms with van der Waals surface area (Å²) in [5, 5.41) is 1.94. The molecule has 0 saturated heterocycles. The van der Waals surface area contributed by atoms with Gasteiger partial charge in [0.2, 0.25) is 5.28 Å². The van der Waals surface area contributed by atoms with Crippen LogP contribution in [0.3, 0.4) is 0 Å². The number of aromatic nitrogens is 4. The third kappa shape index (κ3) is 2.77. The summed E-state index contributed by atoms with van der Waals surface area (Å²) >= 11 is 12.9. The predicted molar refractivity (Wildman–Crippen MR) is 58.2 cm³/mol. The van der Waals surface area contributed by atoms with Gasteiger partial charge in [-0.1, -0.05) is 11.6 Å². The normalized spacial score (nSPS) is 10.3. The van der Waals surface area contributed by atoms with Gasteiger partial charge < -0.3 is 0 Å². The van der Waals surface area contributed by atoms with Gasteiger partial charge in [0.05, 0.1) is 11.2 Å². The number of halogens is 2. The first kappa shape index (κ1) is 10.6. The van der Waals surface area contributed by atoms with Crippen molar-refractivity contribution < 1.29 is 0 Å². The smallest absolute Gasteiger partial charge is 0.223 e. The molecule has 0 N–H and O–H groups in total. The van der Waals surface area contributed by atoms with E-state index in [0.717, 1.165) is 5.03 Å². The third-order valence-corrected chi connectivity index (χ3v) is 2.96. The van der Waals surface area contributed by atoms with Gasteiger partial charge in [-0.3, -0.25) is 0 Å². The highest BCUT2D eigenvalue weighted by Crippen LogP contribution is 2.29. The number of hydrogen-bond acceptors (Lipinski definition) is 5. The fourth-order valence-corrected chi connectivity index (χ4v) is 1.94. The van der Waals surface area contributed by atoms with Gasteiger partial charge in [-0.15, -0.1) is 0 Å². The van der Waals surface area contributed by atoms with Crippen molar-refractivity contribution in [2.75, 3.05) is 0 Å². The molecule has 0 radical (unpaired) electrons. The summed E-state index contributed by atoms with van der Waals surface area (Å²) in [6.45, 7) is 0. The lowest BCUT2D eigenvalue weighted by Crippen LogP contribution is -1.87. The third-order valence-electron chi connectivity index (χ3n) is 1.44. The van der Waals surface area contributed by atoms with E-state index in [0.29, 0.717) is 10.0 Å². The second kappa shape index (κ2) is 4.74. The second-order valence-corrected chi connectivity index (χ2v) is 4.20. The summed E-state index contributed by atoms with van der Waals surface area (Å²) in [5.41, 5.74) is 0. The number of rotatable bonds is 2. The molecule has 0 fully saturated rings. The van der Waals surface area contributed by atoms with E-state index in [4.69, 9.17) is 23.2 Å². The lowest BCUT2D eigenvalue weighted by molar-refractivity contribution is 1.02. The first-order valence-corrected chi connectivity index (χ1v) is 5.45.